The first-order valence-electron chi connectivity index (χ1n) is 8.94. The van der Waals surface area contributed by atoms with Crippen molar-refractivity contribution in [1.29, 1.82) is 0 Å². The highest BCUT2D eigenvalue weighted by Crippen LogP contribution is 2.23. The van der Waals surface area contributed by atoms with Crippen LogP contribution >= 0.6 is 0 Å². The molecule has 1 aliphatic rings. The van der Waals surface area contributed by atoms with Gasteiger partial charge in [0.1, 0.15) is 23.7 Å². The molecule has 0 bridgehead atoms. The molecule has 1 saturated heterocycles. The maximum Gasteiger partial charge on any atom is 0.224 e. The molecule has 3 rings (SSSR count). The average molecular weight is 358 g/mol. The number of amides is 1. The molecule has 1 amide bonds. The molecule has 2 aromatic rings. The Balaban J connectivity index is 1.60. The third-order valence-corrected chi connectivity index (χ3v) is 4.35. The number of benzene rings is 1. The molecule has 1 aromatic heterocycles. The number of nitrogens with zero attached hydrogens (tertiary/aromatic N) is 4. The number of rotatable bonds is 6. The van der Waals surface area contributed by atoms with Crippen LogP contribution < -0.4 is 9.64 Å². The van der Waals surface area contributed by atoms with Gasteiger partial charge >= 0.3 is 0 Å². The second-order valence-corrected chi connectivity index (χ2v) is 6.25. The van der Waals surface area contributed by atoms with Crippen molar-refractivity contribution in [3.8, 4) is 11.6 Å². The average Bonchev–Trinajstić information content (AvgIpc) is 2.66. The maximum atomic E-state index is 13.3. The van der Waals surface area contributed by atoms with Gasteiger partial charge in [0.25, 0.3) is 0 Å². The van der Waals surface area contributed by atoms with Crippen LogP contribution in [0.15, 0.2) is 36.7 Å². The van der Waals surface area contributed by atoms with Gasteiger partial charge < -0.3 is 14.5 Å². The summed E-state index contributed by atoms with van der Waals surface area (Å²) in [5.74, 6) is 1.36. The summed E-state index contributed by atoms with van der Waals surface area (Å²) in [5, 5.41) is 0. The van der Waals surface area contributed by atoms with Gasteiger partial charge in [-0.1, -0.05) is 19.4 Å². The second-order valence-electron chi connectivity index (χ2n) is 6.25. The quantitative estimate of drug-likeness (QED) is 0.793. The van der Waals surface area contributed by atoms with E-state index in [2.05, 4.69) is 21.8 Å². The van der Waals surface area contributed by atoms with Crippen LogP contribution in [-0.2, 0) is 4.79 Å². The molecule has 2 heterocycles. The van der Waals surface area contributed by atoms with E-state index in [1.807, 2.05) is 4.90 Å². The number of halogens is 1. The first kappa shape index (κ1) is 18.1. The van der Waals surface area contributed by atoms with Crippen LogP contribution in [0.5, 0.6) is 11.6 Å². The maximum absolute atomic E-state index is 13.3. The molecule has 138 valence electrons. The Labute approximate surface area is 152 Å². The summed E-state index contributed by atoms with van der Waals surface area (Å²) in [4.78, 5) is 24.5. The number of carbonyl (C=O) groups excluding carboxylic acids is 1. The van der Waals surface area contributed by atoms with E-state index in [9.17, 15) is 9.18 Å². The molecule has 1 aromatic carbocycles. The van der Waals surface area contributed by atoms with Crippen LogP contribution in [0, 0.1) is 5.82 Å². The molecule has 1 fully saturated rings. The van der Waals surface area contributed by atoms with Crippen molar-refractivity contribution in [3.63, 3.8) is 0 Å². The lowest BCUT2D eigenvalue weighted by Crippen LogP contribution is -2.49. The number of hydrogen-bond acceptors (Lipinski definition) is 5. The van der Waals surface area contributed by atoms with Crippen LogP contribution in [0.3, 0.4) is 0 Å². The number of piperazine rings is 1. The zero-order valence-electron chi connectivity index (χ0n) is 14.9. The van der Waals surface area contributed by atoms with Crippen LogP contribution in [-0.4, -0.2) is 47.0 Å². The summed E-state index contributed by atoms with van der Waals surface area (Å²) in [5.41, 5.74) is 0. The predicted molar refractivity (Wildman–Crippen MR) is 96.8 cm³/mol. The number of hydrogen-bond donors (Lipinski definition) is 0. The lowest BCUT2D eigenvalue weighted by Gasteiger charge is -2.35. The van der Waals surface area contributed by atoms with Gasteiger partial charge in [0.2, 0.25) is 11.8 Å². The molecular weight excluding hydrogens is 335 g/mol. The lowest BCUT2D eigenvalue weighted by atomic mass is 10.2. The normalized spacial score (nSPS) is 14.4. The minimum absolute atomic E-state index is 0.226. The highest BCUT2D eigenvalue weighted by Gasteiger charge is 2.21. The third kappa shape index (κ3) is 4.68. The summed E-state index contributed by atoms with van der Waals surface area (Å²) in [6.07, 6.45) is 4.02. The van der Waals surface area contributed by atoms with Gasteiger partial charge in [-0.15, -0.1) is 0 Å². The summed E-state index contributed by atoms with van der Waals surface area (Å²) >= 11 is 0. The van der Waals surface area contributed by atoms with Crippen LogP contribution in [0.25, 0.3) is 0 Å². The standard InChI is InChI=1S/C19H23FN4O2/c1-2-3-7-19(25)24-10-8-23(9-11-24)17-13-18(22-14-21-17)26-16-6-4-5-15(20)12-16/h4-6,12-14H,2-3,7-11H2,1H3. The highest BCUT2D eigenvalue weighted by molar-refractivity contribution is 5.76. The van der Waals surface area contributed by atoms with E-state index in [1.54, 1.807) is 18.2 Å². The number of anilines is 1. The van der Waals surface area contributed by atoms with Gasteiger partial charge in [0.05, 0.1) is 0 Å². The smallest absolute Gasteiger partial charge is 0.224 e. The molecule has 0 saturated carbocycles. The van der Waals surface area contributed by atoms with Crippen molar-refractivity contribution < 1.29 is 13.9 Å². The fraction of sp³-hybridized carbons (Fsp3) is 0.421. The van der Waals surface area contributed by atoms with Crippen molar-refractivity contribution >= 4 is 11.7 Å². The van der Waals surface area contributed by atoms with Gasteiger partial charge in [-0.25, -0.2) is 14.4 Å². The Hall–Kier alpha value is -2.70. The topological polar surface area (TPSA) is 58.6 Å². The SMILES string of the molecule is CCCCC(=O)N1CCN(c2cc(Oc3cccc(F)c3)ncn2)CC1. The van der Waals surface area contributed by atoms with Crippen molar-refractivity contribution in [1.82, 2.24) is 14.9 Å². The van der Waals surface area contributed by atoms with Gasteiger partial charge in [-0.2, -0.15) is 0 Å². The second kappa shape index (κ2) is 8.60. The molecule has 0 radical (unpaired) electrons. The van der Waals surface area contributed by atoms with Gasteiger partial charge in [-0.3, -0.25) is 4.79 Å². The Morgan fingerprint density at radius 1 is 1.19 bits per heavy atom. The Morgan fingerprint density at radius 2 is 2.00 bits per heavy atom. The monoisotopic (exact) mass is 358 g/mol. The molecule has 0 N–H and O–H groups in total. The number of ether oxygens (including phenoxy) is 1. The minimum Gasteiger partial charge on any atom is -0.439 e. The summed E-state index contributed by atoms with van der Waals surface area (Å²) in [7, 11) is 0. The van der Waals surface area contributed by atoms with E-state index >= 15 is 0 Å². The molecule has 0 atom stereocenters. The fourth-order valence-electron chi connectivity index (χ4n) is 2.88. The first-order chi connectivity index (χ1) is 12.7. The molecule has 7 heteroatoms. The largest absolute Gasteiger partial charge is 0.439 e. The minimum atomic E-state index is -0.361. The van der Waals surface area contributed by atoms with Gasteiger partial charge in [0, 0.05) is 44.7 Å². The van der Waals surface area contributed by atoms with E-state index in [1.165, 1.54) is 18.5 Å². The lowest BCUT2D eigenvalue weighted by molar-refractivity contribution is -0.131. The zero-order valence-corrected chi connectivity index (χ0v) is 14.9. The third-order valence-electron chi connectivity index (χ3n) is 4.35. The van der Waals surface area contributed by atoms with E-state index in [4.69, 9.17) is 4.74 Å². The van der Waals surface area contributed by atoms with E-state index < -0.39 is 0 Å². The van der Waals surface area contributed by atoms with Crippen molar-refractivity contribution in [2.45, 2.75) is 26.2 Å². The number of carbonyl (C=O) groups is 1. The summed E-state index contributed by atoms with van der Waals surface area (Å²) in [6, 6.07) is 7.66. The molecular formula is C19H23FN4O2. The molecule has 0 spiro atoms. The molecule has 6 nitrogen and oxygen atoms in total. The van der Waals surface area contributed by atoms with Crippen molar-refractivity contribution in [3.05, 3.63) is 42.5 Å². The Bertz CT molecular complexity index is 748. The number of unbranched alkanes of at least 4 members (excludes halogenated alkanes) is 1. The van der Waals surface area contributed by atoms with E-state index in [-0.39, 0.29) is 11.7 Å². The van der Waals surface area contributed by atoms with Gasteiger partial charge in [-0.05, 0) is 18.6 Å². The first-order valence-corrected chi connectivity index (χ1v) is 8.94. The van der Waals surface area contributed by atoms with Crippen molar-refractivity contribution in [2.24, 2.45) is 0 Å². The van der Waals surface area contributed by atoms with Crippen molar-refractivity contribution in [2.75, 3.05) is 31.1 Å². The van der Waals surface area contributed by atoms with E-state index in [0.717, 1.165) is 18.7 Å². The molecule has 1 aliphatic heterocycles. The molecule has 0 unspecified atom stereocenters. The van der Waals surface area contributed by atoms with Crippen LogP contribution in [0.1, 0.15) is 26.2 Å². The fourth-order valence-corrected chi connectivity index (χ4v) is 2.88. The number of aromatic nitrogens is 2. The Kier molecular flexibility index (Phi) is 5.99. The Morgan fingerprint density at radius 3 is 2.73 bits per heavy atom. The molecule has 26 heavy (non-hydrogen) atoms. The summed E-state index contributed by atoms with van der Waals surface area (Å²) < 4.78 is 18.9. The highest BCUT2D eigenvalue weighted by atomic mass is 19.1. The van der Waals surface area contributed by atoms with Crippen LogP contribution in [0.4, 0.5) is 10.2 Å². The van der Waals surface area contributed by atoms with Crippen LogP contribution in [0.2, 0.25) is 0 Å². The predicted octanol–water partition coefficient (Wildman–Crippen LogP) is 3.25. The zero-order chi connectivity index (χ0) is 18.4. The molecule has 0 aliphatic carbocycles. The summed E-state index contributed by atoms with van der Waals surface area (Å²) in [6.45, 7) is 4.89. The van der Waals surface area contributed by atoms with E-state index in [0.29, 0.717) is 44.2 Å². The van der Waals surface area contributed by atoms with Gasteiger partial charge in [0.15, 0.2) is 0 Å².